The van der Waals surface area contributed by atoms with E-state index in [0.29, 0.717) is 0 Å². The topological polar surface area (TPSA) is 127 Å². The zero-order valence-electron chi connectivity index (χ0n) is 12.0. The lowest BCUT2D eigenvalue weighted by Crippen LogP contribution is -2.50. The van der Waals surface area contributed by atoms with Gasteiger partial charge in [0.05, 0.1) is 4.92 Å². The molecule has 21 heavy (non-hydrogen) atoms. The van der Waals surface area contributed by atoms with Gasteiger partial charge >= 0.3 is 5.97 Å². The first-order valence-electron chi connectivity index (χ1n) is 6.22. The van der Waals surface area contributed by atoms with Crippen LogP contribution in [0.15, 0.2) is 18.2 Å². The van der Waals surface area contributed by atoms with Crippen molar-refractivity contribution < 1.29 is 19.6 Å². The van der Waals surface area contributed by atoms with E-state index in [-0.39, 0.29) is 23.5 Å². The number of nitrogens with two attached hydrogens (primary N) is 1. The molecular formula is C13H17N3O5. The summed E-state index contributed by atoms with van der Waals surface area (Å²) in [6.07, 6.45) is 0. The number of nitro groups is 1. The Morgan fingerprint density at radius 3 is 2.38 bits per heavy atom. The van der Waals surface area contributed by atoms with Crippen LogP contribution in [0.2, 0.25) is 0 Å². The fraction of sp³-hybridized carbons (Fsp3) is 0.385. The number of benzene rings is 1. The number of carbonyl (C=O) groups excluding carboxylic acids is 1. The van der Waals surface area contributed by atoms with Gasteiger partial charge in [-0.3, -0.25) is 14.9 Å². The third kappa shape index (κ3) is 3.10. The maximum absolute atomic E-state index is 11.4. The van der Waals surface area contributed by atoms with Gasteiger partial charge in [-0.25, -0.2) is 4.79 Å². The Bertz CT molecular complexity index is 597. The highest BCUT2D eigenvalue weighted by molar-refractivity contribution is 5.95. The molecule has 0 bridgehead atoms. The van der Waals surface area contributed by atoms with E-state index < -0.39 is 22.3 Å². The van der Waals surface area contributed by atoms with Crippen LogP contribution in [0.5, 0.6) is 0 Å². The van der Waals surface area contributed by atoms with Crippen LogP contribution in [-0.2, 0) is 4.79 Å². The van der Waals surface area contributed by atoms with Crippen molar-refractivity contribution in [2.45, 2.75) is 26.3 Å². The zero-order chi connectivity index (χ0) is 16.4. The van der Waals surface area contributed by atoms with E-state index in [1.165, 1.54) is 30.9 Å². The van der Waals surface area contributed by atoms with Crippen LogP contribution in [0.4, 0.5) is 11.4 Å². The van der Waals surface area contributed by atoms with Gasteiger partial charge in [0, 0.05) is 18.2 Å². The summed E-state index contributed by atoms with van der Waals surface area (Å²) < 4.78 is 0. The molecular weight excluding hydrogens is 278 g/mol. The number of nitrogens with zero attached hydrogens (tertiary/aromatic N) is 2. The van der Waals surface area contributed by atoms with Gasteiger partial charge < -0.3 is 15.7 Å². The van der Waals surface area contributed by atoms with Crippen LogP contribution in [0.1, 0.15) is 31.1 Å². The maximum atomic E-state index is 11.4. The fourth-order valence-corrected chi connectivity index (χ4v) is 2.03. The number of likely N-dealkylation sites (N-methyl/N-ethyl adjacent to an activating group) is 1. The average molecular weight is 295 g/mol. The van der Waals surface area contributed by atoms with E-state index in [4.69, 9.17) is 5.73 Å². The third-order valence-electron chi connectivity index (χ3n) is 3.26. The number of anilines is 1. The molecule has 1 aromatic carbocycles. The highest BCUT2D eigenvalue weighted by atomic mass is 16.6. The predicted octanol–water partition coefficient (Wildman–Crippen LogP) is 1.38. The number of nitro benzene ring substituents is 1. The van der Waals surface area contributed by atoms with Crippen molar-refractivity contribution in [3.05, 3.63) is 33.9 Å². The highest BCUT2D eigenvalue weighted by Crippen LogP contribution is 2.33. The predicted molar refractivity (Wildman–Crippen MR) is 76.3 cm³/mol. The number of carboxylic acid groups (broad SMARTS) is 1. The average Bonchev–Trinajstić information content (AvgIpc) is 2.38. The Balaban J connectivity index is 3.56. The van der Waals surface area contributed by atoms with Crippen molar-refractivity contribution in [2.24, 2.45) is 5.73 Å². The standard InChI is InChI=1S/C13H17N3O5/c1-4-15(13(2,3)12(18)19)10-7-8(11(14)17)5-6-9(10)16(20)21/h5-7H,4H2,1-3H3,(H2,14,17)(H,18,19). The van der Waals surface area contributed by atoms with Crippen LogP contribution in [0, 0.1) is 10.1 Å². The molecule has 0 aliphatic rings. The molecule has 0 atom stereocenters. The number of amides is 1. The minimum absolute atomic E-state index is 0.0474. The highest BCUT2D eigenvalue weighted by Gasteiger charge is 2.37. The van der Waals surface area contributed by atoms with Gasteiger partial charge in [-0.15, -0.1) is 0 Å². The lowest BCUT2D eigenvalue weighted by Gasteiger charge is -2.35. The summed E-state index contributed by atoms with van der Waals surface area (Å²) in [7, 11) is 0. The molecule has 0 unspecified atom stereocenters. The van der Waals surface area contributed by atoms with E-state index in [9.17, 15) is 24.8 Å². The smallest absolute Gasteiger partial charge is 0.328 e. The number of hydrogen-bond donors (Lipinski definition) is 2. The van der Waals surface area contributed by atoms with Gasteiger partial charge in [0.25, 0.3) is 5.69 Å². The van der Waals surface area contributed by atoms with Crippen molar-refractivity contribution in [1.82, 2.24) is 0 Å². The molecule has 0 aromatic heterocycles. The van der Waals surface area contributed by atoms with Crippen molar-refractivity contribution in [2.75, 3.05) is 11.4 Å². The number of rotatable bonds is 6. The normalized spacial score (nSPS) is 11.0. The van der Waals surface area contributed by atoms with Crippen LogP contribution < -0.4 is 10.6 Å². The van der Waals surface area contributed by atoms with E-state index in [0.717, 1.165) is 6.07 Å². The Hall–Kier alpha value is -2.64. The zero-order valence-corrected chi connectivity index (χ0v) is 12.0. The second kappa shape index (κ2) is 5.78. The summed E-state index contributed by atoms with van der Waals surface area (Å²) in [5.41, 5.74) is 3.64. The van der Waals surface area contributed by atoms with E-state index in [2.05, 4.69) is 0 Å². The summed E-state index contributed by atoms with van der Waals surface area (Å²) in [5, 5.41) is 20.4. The molecule has 0 fully saturated rings. The summed E-state index contributed by atoms with van der Waals surface area (Å²) in [4.78, 5) is 34.5. The largest absolute Gasteiger partial charge is 0.480 e. The van der Waals surface area contributed by atoms with Crippen LogP contribution in [-0.4, -0.2) is 34.0 Å². The third-order valence-corrected chi connectivity index (χ3v) is 3.26. The molecule has 0 aliphatic carbocycles. The molecule has 1 aromatic rings. The van der Waals surface area contributed by atoms with Gasteiger partial charge in [-0.2, -0.15) is 0 Å². The molecule has 1 rings (SSSR count). The summed E-state index contributed by atoms with van der Waals surface area (Å²) in [5.74, 6) is -1.88. The second-order valence-corrected chi connectivity index (χ2v) is 4.93. The van der Waals surface area contributed by atoms with Crippen LogP contribution >= 0.6 is 0 Å². The second-order valence-electron chi connectivity index (χ2n) is 4.93. The molecule has 8 nitrogen and oxygen atoms in total. The molecule has 8 heteroatoms. The number of hydrogen-bond acceptors (Lipinski definition) is 5. The van der Waals surface area contributed by atoms with Crippen molar-refractivity contribution in [3.8, 4) is 0 Å². The Morgan fingerprint density at radius 2 is 2.00 bits per heavy atom. The van der Waals surface area contributed by atoms with Crippen molar-refractivity contribution in [1.29, 1.82) is 0 Å². The van der Waals surface area contributed by atoms with Crippen molar-refractivity contribution >= 4 is 23.3 Å². The molecule has 1 amide bonds. The van der Waals surface area contributed by atoms with E-state index in [1.54, 1.807) is 6.92 Å². The van der Waals surface area contributed by atoms with Gasteiger partial charge in [0.1, 0.15) is 11.2 Å². The number of carboxylic acids is 1. The molecule has 114 valence electrons. The minimum atomic E-state index is -1.38. The maximum Gasteiger partial charge on any atom is 0.328 e. The molecule has 0 saturated carbocycles. The van der Waals surface area contributed by atoms with Gasteiger partial charge in [0.15, 0.2) is 0 Å². The van der Waals surface area contributed by atoms with Crippen LogP contribution in [0.25, 0.3) is 0 Å². The summed E-state index contributed by atoms with van der Waals surface area (Å²) >= 11 is 0. The number of carbonyl (C=O) groups is 2. The quantitative estimate of drug-likeness (QED) is 0.603. The first-order valence-corrected chi connectivity index (χ1v) is 6.22. The Labute approximate surface area is 121 Å². The summed E-state index contributed by atoms with van der Waals surface area (Å²) in [6, 6.07) is 3.64. The number of primary amides is 1. The first kappa shape index (κ1) is 16.4. The fourth-order valence-electron chi connectivity index (χ4n) is 2.03. The molecule has 0 radical (unpaired) electrons. The van der Waals surface area contributed by atoms with Crippen LogP contribution in [0.3, 0.4) is 0 Å². The lowest BCUT2D eigenvalue weighted by atomic mass is 10.0. The SMILES string of the molecule is CCN(c1cc(C(N)=O)ccc1[N+](=O)[O-])C(C)(C)C(=O)O. The van der Waals surface area contributed by atoms with E-state index in [1.807, 2.05) is 0 Å². The number of aliphatic carboxylic acids is 1. The van der Waals surface area contributed by atoms with Gasteiger partial charge in [-0.05, 0) is 32.9 Å². The van der Waals surface area contributed by atoms with Crippen molar-refractivity contribution in [3.63, 3.8) is 0 Å². The molecule has 3 N–H and O–H groups in total. The molecule has 0 spiro atoms. The van der Waals surface area contributed by atoms with Gasteiger partial charge in [0.2, 0.25) is 5.91 Å². The van der Waals surface area contributed by atoms with Gasteiger partial charge in [-0.1, -0.05) is 0 Å². The molecule has 0 aliphatic heterocycles. The Morgan fingerprint density at radius 1 is 1.43 bits per heavy atom. The Kier molecular flexibility index (Phi) is 4.52. The first-order chi connectivity index (χ1) is 9.62. The minimum Gasteiger partial charge on any atom is -0.480 e. The molecule has 0 heterocycles. The lowest BCUT2D eigenvalue weighted by molar-refractivity contribution is -0.384. The molecule has 0 saturated heterocycles. The monoisotopic (exact) mass is 295 g/mol. The van der Waals surface area contributed by atoms with E-state index >= 15 is 0 Å². The summed E-state index contributed by atoms with van der Waals surface area (Å²) in [6.45, 7) is 4.74.